The van der Waals surface area contributed by atoms with Gasteiger partial charge in [0.05, 0.1) is 0 Å². The van der Waals surface area contributed by atoms with Crippen LogP contribution < -0.4 is 0 Å². The smallest absolute Gasteiger partial charge is 0.306 e. The first-order valence-electron chi connectivity index (χ1n) is 28.6. The summed E-state index contributed by atoms with van der Waals surface area (Å²) < 4.78 is 16.8. The lowest BCUT2D eigenvalue weighted by atomic mass is 10.0. The summed E-state index contributed by atoms with van der Waals surface area (Å²) in [6.45, 7) is 6.47. The van der Waals surface area contributed by atoms with Crippen molar-refractivity contribution in [3.8, 4) is 0 Å². The number of ether oxygens (including phenoxy) is 3. The molecule has 390 valence electrons. The number of hydrogen-bond acceptors (Lipinski definition) is 6. The van der Waals surface area contributed by atoms with Crippen molar-refractivity contribution in [3.05, 3.63) is 85.1 Å². The van der Waals surface area contributed by atoms with Crippen LogP contribution in [0.4, 0.5) is 0 Å². The summed E-state index contributed by atoms with van der Waals surface area (Å²) in [4.78, 5) is 38.1. The highest BCUT2D eigenvalue weighted by atomic mass is 16.6. The number of unbranched alkanes of at least 4 members (excludes halogenated alkanes) is 26. The zero-order valence-corrected chi connectivity index (χ0v) is 44.6. The molecule has 0 aliphatic carbocycles. The van der Waals surface area contributed by atoms with Gasteiger partial charge < -0.3 is 14.2 Å². The van der Waals surface area contributed by atoms with Crippen LogP contribution in [0.15, 0.2) is 85.1 Å². The Morgan fingerprint density at radius 3 is 0.971 bits per heavy atom. The number of carbonyl (C=O) groups excluding carboxylic acids is 3. The average Bonchev–Trinajstić information content (AvgIpc) is 3.34. The number of allylic oxidation sites excluding steroid dienone is 14. The van der Waals surface area contributed by atoms with E-state index in [1.165, 1.54) is 135 Å². The molecule has 6 heteroatoms. The quantitative estimate of drug-likeness (QED) is 0.0262. The molecule has 0 amide bonds. The Hall–Kier alpha value is -3.41. The van der Waals surface area contributed by atoms with Crippen molar-refractivity contribution in [3.63, 3.8) is 0 Å². The highest BCUT2D eigenvalue weighted by molar-refractivity contribution is 5.71. The van der Waals surface area contributed by atoms with Crippen LogP contribution in [-0.4, -0.2) is 37.2 Å². The lowest BCUT2D eigenvalue weighted by molar-refractivity contribution is -0.167. The molecule has 0 aromatic carbocycles. The van der Waals surface area contributed by atoms with Gasteiger partial charge in [-0.3, -0.25) is 14.4 Å². The summed E-state index contributed by atoms with van der Waals surface area (Å²) >= 11 is 0. The molecule has 0 spiro atoms. The first-order chi connectivity index (χ1) is 33.5. The molecular weight excluding hydrogens is 841 g/mol. The van der Waals surface area contributed by atoms with Crippen LogP contribution >= 0.6 is 0 Å². The molecule has 0 rings (SSSR count). The maximum Gasteiger partial charge on any atom is 0.306 e. The van der Waals surface area contributed by atoms with E-state index >= 15 is 0 Å². The van der Waals surface area contributed by atoms with Gasteiger partial charge in [-0.2, -0.15) is 0 Å². The minimum atomic E-state index is -0.809. The molecule has 0 aliphatic heterocycles. The molecular formula is C62H106O6. The maximum atomic E-state index is 12.9. The predicted octanol–water partition coefficient (Wildman–Crippen LogP) is 19.2. The molecule has 0 aromatic heterocycles. The molecule has 0 bridgehead atoms. The molecule has 0 saturated carbocycles. The third-order valence-corrected chi connectivity index (χ3v) is 12.1. The zero-order chi connectivity index (χ0) is 49.3. The van der Waals surface area contributed by atoms with Gasteiger partial charge in [0.15, 0.2) is 6.10 Å². The lowest BCUT2D eigenvalue weighted by Crippen LogP contribution is -2.30. The van der Waals surface area contributed by atoms with Gasteiger partial charge in [-0.1, -0.05) is 247 Å². The van der Waals surface area contributed by atoms with E-state index in [0.717, 1.165) is 89.9 Å². The van der Waals surface area contributed by atoms with Gasteiger partial charge in [0.25, 0.3) is 0 Å². The van der Waals surface area contributed by atoms with E-state index in [1.807, 2.05) is 0 Å². The van der Waals surface area contributed by atoms with Crippen LogP contribution in [0.2, 0.25) is 0 Å². The second kappa shape index (κ2) is 56.2. The average molecular weight is 948 g/mol. The molecule has 0 radical (unpaired) electrons. The molecule has 0 saturated heterocycles. The molecule has 1 unspecified atom stereocenters. The second-order valence-electron chi connectivity index (χ2n) is 18.8. The Labute approximate surface area is 420 Å². The van der Waals surface area contributed by atoms with E-state index in [0.29, 0.717) is 19.3 Å². The zero-order valence-electron chi connectivity index (χ0n) is 44.6. The third kappa shape index (κ3) is 53.5. The molecule has 0 aromatic rings. The van der Waals surface area contributed by atoms with Gasteiger partial charge in [-0.25, -0.2) is 0 Å². The Morgan fingerprint density at radius 1 is 0.309 bits per heavy atom. The summed E-state index contributed by atoms with van der Waals surface area (Å²) in [6.07, 6.45) is 72.9. The van der Waals surface area contributed by atoms with Gasteiger partial charge in [0.1, 0.15) is 13.2 Å². The van der Waals surface area contributed by atoms with Crippen molar-refractivity contribution in [2.75, 3.05) is 13.2 Å². The van der Waals surface area contributed by atoms with Crippen molar-refractivity contribution >= 4 is 17.9 Å². The number of esters is 3. The molecule has 0 fully saturated rings. The molecule has 0 N–H and O–H groups in total. The summed E-state index contributed by atoms with van der Waals surface area (Å²) in [5.41, 5.74) is 0. The van der Waals surface area contributed by atoms with Crippen LogP contribution in [-0.2, 0) is 28.6 Å². The molecule has 0 heterocycles. The molecule has 1 atom stereocenters. The third-order valence-electron chi connectivity index (χ3n) is 12.1. The molecule has 68 heavy (non-hydrogen) atoms. The summed E-state index contributed by atoms with van der Waals surface area (Å²) in [7, 11) is 0. The summed E-state index contributed by atoms with van der Waals surface area (Å²) in [6, 6.07) is 0. The van der Waals surface area contributed by atoms with Crippen molar-refractivity contribution < 1.29 is 28.6 Å². The van der Waals surface area contributed by atoms with E-state index < -0.39 is 6.10 Å². The number of carbonyl (C=O) groups is 3. The van der Waals surface area contributed by atoms with Gasteiger partial charge in [-0.05, 0) is 89.9 Å². The number of rotatable bonds is 51. The standard InChI is InChI=1S/C62H106O6/c1-4-7-10-13-16-19-22-25-28-31-34-37-40-43-46-49-52-55-61(64)67-58-59(57-66-60(63)54-51-48-45-42-39-36-33-30-27-24-21-18-15-12-9-6-3)68-62(65)56-53-50-47-44-41-38-35-32-29-26-23-20-17-14-11-8-5-2/h9,12,18,21,25,27-28,30,34,36-37,39,43,46,59H,4-8,10-11,13-17,19-20,22-24,26,29,31-33,35,38,40-42,44-45,47-58H2,1-3H3/b12-9-,21-18-,28-25-,30-27-,37-34-,39-36-,46-43-. The molecule has 6 nitrogen and oxygen atoms in total. The summed E-state index contributed by atoms with van der Waals surface area (Å²) in [5.74, 6) is -0.981. The maximum absolute atomic E-state index is 12.9. The van der Waals surface area contributed by atoms with Crippen LogP contribution in [0.1, 0.15) is 271 Å². The lowest BCUT2D eigenvalue weighted by Gasteiger charge is -2.18. The van der Waals surface area contributed by atoms with Crippen LogP contribution in [0.5, 0.6) is 0 Å². The van der Waals surface area contributed by atoms with E-state index in [1.54, 1.807) is 0 Å². The van der Waals surface area contributed by atoms with E-state index in [2.05, 4.69) is 106 Å². The van der Waals surface area contributed by atoms with Crippen molar-refractivity contribution in [2.24, 2.45) is 0 Å². The van der Waals surface area contributed by atoms with Crippen LogP contribution in [0.3, 0.4) is 0 Å². The van der Waals surface area contributed by atoms with Gasteiger partial charge in [-0.15, -0.1) is 0 Å². The Balaban J connectivity index is 4.49. The summed E-state index contributed by atoms with van der Waals surface area (Å²) in [5, 5.41) is 0. The highest BCUT2D eigenvalue weighted by Crippen LogP contribution is 2.16. The van der Waals surface area contributed by atoms with Crippen LogP contribution in [0, 0.1) is 0 Å². The predicted molar refractivity (Wildman–Crippen MR) is 293 cm³/mol. The Bertz CT molecular complexity index is 1320. The highest BCUT2D eigenvalue weighted by Gasteiger charge is 2.19. The fourth-order valence-electron chi connectivity index (χ4n) is 7.86. The van der Waals surface area contributed by atoms with E-state index in [4.69, 9.17) is 14.2 Å². The SMILES string of the molecule is CC/C=C\C/C=C\C/C=C\C/C=C\CCCCCC(=O)OCC(COC(=O)CCC/C=C\C/C=C\C/C=C\CCCCCCCC)OC(=O)CCCCCCCCCCCCCCCCCCC. The van der Waals surface area contributed by atoms with Gasteiger partial charge in [0, 0.05) is 19.3 Å². The molecule has 0 aliphatic rings. The van der Waals surface area contributed by atoms with Crippen molar-refractivity contribution in [1.29, 1.82) is 0 Å². The minimum Gasteiger partial charge on any atom is -0.462 e. The monoisotopic (exact) mass is 947 g/mol. The fraction of sp³-hybridized carbons (Fsp3) is 0.726. The Morgan fingerprint density at radius 2 is 0.588 bits per heavy atom. The minimum absolute atomic E-state index is 0.107. The van der Waals surface area contributed by atoms with E-state index in [9.17, 15) is 14.4 Å². The van der Waals surface area contributed by atoms with Crippen molar-refractivity contribution in [2.45, 2.75) is 277 Å². The first-order valence-corrected chi connectivity index (χ1v) is 28.6. The van der Waals surface area contributed by atoms with Gasteiger partial charge in [0.2, 0.25) is 0 Å². The van der Waals surface area contributed by atoms with Gasteiger partial charge >= 0.3 is 17.9 Å². The Kier molecular flexibility index (Phi) is 53.4. The van der Waals surface area contributed by atoms with Crippen molar-refractivity contribution in [1.82, 2.24) is 0 Å². The van der Waals surface area contributed by atoms with E-state index in [-0.39, 0.29) is 37.5 Å². The fourth-order valence-corrected chi connectivity index (χ4v) is 7.86. The largest absolute Gasteiger partial charge is 0.462 e. The normalized spacial score (nSPS) is 12.7. The number of hydrogen-bond donors (Lipinski definition) is 0. The first kappa shape index (κ1) is 64.6. The van der Waals surface area contributed by atoms with Crippen LogP contribution in [0.25, 0.3) is 0 Å². The second-order valence-corrected chi connectivity index (χ2v) is 18.8. The topological polar surface area (TPSA) is 78.9 Å².